The van der Waals surface area contributed by atoms with Crippen LogP contribution < -0.4 is 15.4 Å². The van der Waals surface area contributed by atoms with Gasteiger partial charge >= 0.3 is 0 Å². The Hall–Kier alpha value is -2.06. The van der Waals surface area contributed by atoms with Crippen molar-refractivity contribution in [3.8, 4) is 0 Å². The molecule has 0 atom stereocenters. The molecule has 0 spiro atoms. The first-order chi connectivity index (χ1) is 12.6. The van der Waals surface area contributed by atoms with Crippen LogP contribution in [0.15, 0.2) is 29.4 Å². The molecule has 2 rings (SSSR count). The van der Waals surface area contributed by atoms with Crippen molar-refractivity contribution in [3.63, 3.8) is 0 Å². The molecule has 1 heterocycles. The van der Waals surface area contributed by atoms with Gasteiger partial charge < -0.3 is 15.6 Å². The van der Waals surface area contributed by atoms with Crippen LogP contribution in [0.3, 0.4) is 0 Å². The quantitative estimate of drug-likeness (QED) is 0.407. The maximum absolute atomic E-state index is 11.5. The number of nitrogens with zero attached hydrogens (tertiary/aromatic N) is 1. The topological polar surface area (TPSA) is 98.4 Å². The monoisotopic (exact) mass is 393 g/mol. The molecule has 2 aromatic rings. The van der Waals surface area contributed by atoms with Crippen LogP contribution in [-0.4, -0.2) is 50.8 Å². The van der Waals surface area contributed by atoms with Crippen LogP contribution in [0.2, 0.25) is 0 Å². The van der Waals surface area contributed by atoms with Gasteiger partial charge in [0, 0.05) is 35.7 Å². The molecule has 27 heavy (non-hydrogen) atoms. The summed E-state index contributed by atoms with van der Waals surface area (Å²) in [6.45, 7) is 9.51. The molecule has 0 fully saturated rings. The first kappa shape index (κ1) is 21.2. The van der Waals surface area contributed by atoms with Crippen LogP contribution in [-0.2, 0) is 16.4 Å². The minimum absolute atomic E-state index is 0.335. The standard InChI is InChI=1S/C19H31N5O2S/c1-6-20-18(23-13-19(3,4)24-27(5,25)26)21-10-9-15-12-22-17-11-14(2)7-8-16(15)17/h7-8,11-12,22,24H,6,9-10,13H2,1-5H3,(H2,20,21,23). The number of aromatic nitrogens is 1. The van der Waals surface area contributed by atoms with E-state index in [9.17, 15) is 8.42 Å². The van der Waals surface area contributed by atoms with Gasteiger partial charge in [-0.15, -0.1) is 0 Å². The van der Waals surface area contributed by atoms with Crippen LogP contribution >= 0.6 is 0 Å². The van der Waals surface area contributed by atoms with Crippen molar-refractivity contribution in [2.75, 3.05) is 25.9 Å². The highest BCUT2D eigenvalue weighted by atomic mass is 32.2. The van der Waals surface area contributed by atoms with Crippen molar-refractivity contribution in [2.45, 2.75) is 39.7 Å². The van der Waals surface area contributed by atoms with Gasteiger partial charge in [0.25, 0.3) is 0 Å². The SMILES string of the molecule is CCNC(=NCC(C)(C)NS(C)(=O)=O)NCCc1c[nH]c2cc(C)ccc12. The third kappa shape index (κ3) is 6.88. The summed E-state index contributed by atoms with van der Waals surface area (Å²) < 4.78 is 25.5. The number of aliphatic imine (C=N–C) groups is 1. The lowest BCUT2D eigenvalue weighted by Crippen LogP contribution is -2.47. The number of sulfonamides is 1. The number of aryl methyl sites for hydroxylation is 1. The van der Waals surface area contributed by atoms with Crippen LogP contribution in [0.25, 0.3) is 10.9 Å². The molecule has 0 bridgehead atoms. The van der Waals surface area contributed by atoms with E-state index >= 15 is 0 Å². The number of fused-ring (bicyclic) bond motifs is 1. The second kappa shape index (κ2) is 8.75. The summed E-state index contributed by atoms with van der Waals surface area (Å²) in [6, 6.07) is 6.42. The number of guanidine groups is 1. The van der Waals surface area contributed by atoms with Gasteiger partial charge in [0.1, 0.15) is 0 Å². The molecule has 0 unspecified atom stereocenters. The molecular formula is C19H31N5O2S. The van der Waals surface area contributed by atoms with Crippen molar-refractivity contribution in [2.24, 2.45) is 4.99 Å². The Bertz CT molecular complexity index is 900. The molecule has 150 valence electrons. The summed E-state index contributed by atoms with van der Waals surface area (Å²) >= 11 is 0. The summed E-state index contributed by atoms with van der Waals surface area (Å²) in [5.41, 5.74) is 3.00. The molecule has 0 aliphatic carbocycles. The Kier molecular flexibility index (Phi) is 6.89. The van der Waals surface area contributed by atoms with Gasteiger partial charge in [-0.25, -0.2) is 13.1 Å². The van der Waals surface area contributed by atoms with E-state index in [1.54, 1.807) is 0 Å². The fourth-order valence-electron chi connectivity index (χ4n) is 2.98. The number of nitrogens with one attached hydrogen (secondary N) is 4. The maximum Gasteiger partial charge on any atom is 0.209 e. The second-order valence-electron chi connectivity index (χ2n) is 7.49. The lowest BCUT2D eigenvalue weighted by atomic mass is 10.1. The molecule has 1 aromatic heterocycles. The molecule has 0 amide bonds. The highest BCUT2D eigenvalue weighted by Crippen LogP contribution is 2.19. The van der Waals surface area contributed by atoms with E-state index in [4.69, 9.17) is 0 Å². The number of hydrogen-bond acceptors (Lipinski definition) is 3. The van der Waals surface area contributed by atoms with E-state index in [1.165, 1.54) is 16.5 Å². The third-order valence-corrected chi connectivity index (χ3v) is 4.97. The van der Waals surface area contributed by atoms with Gasteiger partial charge in [-0.1, -0.05) is 12.1 Å². The number of rotatable bonds is 8. The molecular weight excluding hydrogens is 362 g/mol. The van der Waals surface area contributed by atoms with E-state index in [0.29, 0.717) is 12.5 Å². The largest absolute Gasteiger partial charge is 0.361 e. The molecule has 8 heteroatoms. The molecule has 4 N–H and O–H groups in total. The van der Waals surface area contributed by atoms with Crippen molar-refractivity contribution in [1.29, 1.82) is 0 Å². The lowest BCUT2D eigenvalue weighted by molar-refractivity contribution is 0.464. The first-order valence-corrected chi connectivity index (χ1v) is 11.1. The van der Waals surface area contributed by atoms with Gasteiger partial charge in [0.2, 0.25) is 10.0 Å². The zero-order valence-corrected chi connectivity index (χ0v) is 17.6. The average Bonchev–Trinajstić information content (AvgIpc) is 2.92. The normalized spacial score (nSPS) is 13.1. The summed E-state index contributed by atoms with van der Waals surface area (Å²) in [4.78, 5) is 7.84. The molecule has 0 saturated heterocycles. The Balaban J connectivity index is 1.97. The average molecular weight is 394 g/mol. The summed E-state index contributed by atoms with van der Waals surface area (Å²) in [5.74, 6) is 0.677. The van der Waals surface area contributed by atoms with Crippen molar-refractivity contribution in [3.05, 3.63) is 35.5 Å². The van der Waals surface area contributed by atoms with E-state index in [-0.39, 0.29) is 0 Å². The van der Waals surface area contributed by atoms with Crippen molar-refractivity contribution < 1.29 is 8.42 Å². The van der Waals surface area contributed by atoms with Crippen LogP contribution in [0.5, 0.6) is 0 Å². The zero-order valence-electron chi connectivity index (χ0n) is 16.8. The fraction of sp³-hybridized carbons (Fsp3) is 0.526. The van der Waals surface area contributed by atoms with Gasteiger partial charge in [0.05, 0.1) is 12.8 Å². The van der Waals surface area contributed by atoms with Crippen molar-refractivity contribution >= 4 is 26.9 Å². The van der Waals surface area contributed by atoms with E-state index in [0.717, 1.165) is 31.3 Å². The van der Waals surface area contributed by atoms with Gasteiger partial charge in [-0.05, 0) is 51.3 Å². The highest BCUT2D eigenvalue weighted by Gasteiger charge is 2.21. The Morgan fingerprint density at radius 2 is 2.00 bits per heavy atom. The number of aromatic amines is 1. The second-order valence-corrected chi connectivity index (χ2v) is 9.24. The minimum atomic E-state index is -3.28. The van der Waals surface area contributed by atoms with Gasteiger partial charge in [-0.3, -0.25) is 4.99 Å². The fourth-order valence-corrected chi connectivity index (χ4v) is 4.04. The molecule has 0 saturated carbocycles. The van der Waals surface area contributed by atoms with E-state index in [1.807, 2.05) is 20.8 Å². The van der Waals surface area contributed by atoms with Crippen LogP contribution in [0, 0.1) is 6.92 Å². The predicted octanol–water partition coefficient (Wildman–Crippen LogP) is 1.90. The molecule has 1 aromatic carbocycles. The third-order valence-electron chi connectivity index (χ3n) is 4.05. The van der Waals surface area contributed by atoms with Crippen LogP contribution in [0.1, 0.15) is 31.9 Å². The molecule has 7 nitrogen and oxygen atoms in total. The van der Waals surface area contributed by atoms with E-state index < -0.39 is 15.6 Å². The van der Waals surface area contributed by atoms with Crippen LogP contribution in [0.4, 0.5) is 0 Å². The number of hydrogen-bond donors (Lipinski definition) is 4. The Morgan fingerprint density at radius 1 is 1.26 bits per heavy atom. The summed E-state index contributed by atoms with van der Waals surface area (Å²) in [5, 5.41) is 7.75. The Labute approximate surface area is 162 Å². The lowest BCUT2D eigenvalue weighted by Gasteiger charge is -2.23. The number of H-pyrrole nitrogens is 1. The van der Waals surface area contributed by atoms with E-state index in [2.05, 4.69) is 56.7 Å². The predicted molar refractivity (Wildman–Crippen MR) is 113 cm³/mol. The Morgan fingerprint density at radius 3 is 2.67 bits per heavy atom. The number of benzene rings is 1. The molecule has 0 radical (unpaired) electrons. The smallest absolute Gasteiger partial charge is 0.209 e. The molecule has 0 aliphatic rings. The van der Waals surface area contributed by atoms with Gasteiger partial charge in [0.15, 0.2) is 5.96 Å². The maximum atomic E-state index is 11.5. The van der Waals surface area contributed by atoms with Crippen molar-refractivity contribution in [1.82, 2.24) is 20.3 Å². The summed E-state index contributed by atoms with van der Waals surface area (Å²) in [7, 11) is -3.28. The first-order valence-electron chi connectivity index (χ1n) is 9.17. The van der Waals surface area contributed by atoms with Gasteiger partial charge in [-0.2, -0.15) is 0 Å². The zero-order chi connectivity index (χ0) is 20.1. The molecule has 0 aliphatic heterocycles. The highest BCUT2D eigenvalue weighted by molar-refractivity contribution is 7.88. The minimum Gasteiger partial charge on any atom is -0.361 e. The summed E-state index contributed by atoms with van der Waals surface area (Å²) in [6.07, 6.45) is 4.07.